The summed E-state index contributed by atoms with van der Waals surface area (Å²) in [5.41, 5.74) is 6.50. The maximum atomic E-state index is 5.64. The summed E-state index contributed by atoms with van der Waals surface area (Å²) in [6.07, 6.45) is 0. The van der Waals surface area contributed by atoms with Crippen molar-refractivity contribution in [2.24, 2.45) is 0 Å². The highest BCUT2D eigenvalue weighted by atomic mass is 16.5. The van der Waals surface area contributed by atoms with E-state index in [1.807, 2.05) is 12.1 Å². The number of nitrogens with one attached hydrogen (secondary N) is 2. The predicted molar refractivity (Wildman–Crippen MR) is 130 cm³/mol. The molecule has 0 radical (unpaired) electrons. The first-order valence-corrected chi connectivity index (χ1v) is 10.5. The number of para-hydroxylation sites is 2. The molecule has 158 valence electrons. The Bertz CT molecular complexity index is 1620. The van der Waals surface area contributed by atoms with Crippen LogP contribution in [0.1, 0.15) is 0 Å². The Morgan fingerprint density at radius 2 is 1.19 bits per heavy atom. The van der Waals surface area contributed by atoms with Crippen LogP contribution < -0.4 is 14.2 Å². The molecular weight excluding hydrogens is 400 g/mol. The number of ether oxygens (including phenoxy) is 3. The molecule has 4 aromatic carbocycles. The van der Waals surface area contributed by atoms with Gasteiger partial charge in [0.1, 0.15) is 0 Å². The van der Waals surface area contributed by atoms with Crippen LogP contribution in [0.3, 0.4) is 0 Å². The number of hydrogen-bond acceptors (Lipinski definition) is 3. The lowest BCUT2D eigenvalue weighted by Crippen LogP contribution is -1.96. The second kappa shape index (κ2) is 6.95. The molecule has 6 aromatic rings. The van der Waals surface area contributed by atoms with Gasteiger partial charge in [-0.3, -0.25) is 0 Å². The fourth-order valence-corrected chi connectivity index (χ4v) is 4.83. The summed E-state index contributed by atoms with van der Waals surface area (Å²) in [7, 11) is 4.90. The highest BCUT2D eigenvalue weighted by molar-refractivity contribution is 6.28. The van der Waals surface area contributed by atoms with E-state index in [1.165, 1.54) is 21.5 Å². The molecule has 5 nitrogen and oxygen atoms in total. The van der Waals surface area contributed by atoms with E-state index in [0.29, 0.717) is 17.2 Å². The van der Waals surface area contributed by atoms with Crippen LogP contribution in [0, 0.1) is 0 Å². The standard InChI is InChI=1S/C27H22N2O3/c1-30-22-12-15(13-23(31-2)27(22)32-3)18-14-21-25(17-9-5-6-10-19(17)28-21)26-24(18)16-8-4-7-11-20(16)29-26/h4-14,28-29H,1-3H3. The minimum atomic E-state index is 0.584. The molecule has 6 rings (SSSR count). The molecule has 0 saturated heterocycles. The molecule has 2 aromatic heterocycles. The van der Waals surface area contributed by atoms with Gasteiger partial charge in [-0.25, -0.2) is 0 Å². The Balaban J connectivity index is 1.80. The van der Waals surface area contributed by atoms with Gasteiger partial charge in [-0.05, 0) is 41.5 Å². The monoisotopic (exact) mass is 422 g/mol. The van der Waals surface area contributed by atoms with Gasteiger partial charge < -0.3 is 24.2 Å². The lowest BCUT2D eigenvalue weighted by molar-refractivity contribution is 0.324. The lowest BCUT2D eigenvalue weighted by atomic mass is 9.96. The van der Waals surface area contributed by atoms with Crippen LogP contribution in [0.5, 0.6) is 17.2 Å². The van der Waals surface area contributed by atoms with E-state index in [-0.39, 0.29) is 0 Å². The molecule has 2 N–H and O–H groups in total. The SMILES string of the molecule is COc1cc(-c2cc3[nH]c4ccccc4c3c3[nH]c4ccccc4c23)cc(OC)c1OC. The van der Waals surface area contributed by atoms with Crippen LogP contribution in [0.15, 0.2) is 66.7 Å². The first-order chi connectivity index (χ1) is 15.7. The van der Waals surface area contributed by atoms with E-state index in [2.05, 4.69) is 64.6 Å². The summed E-state index contributed by atoms with van der Waals surface area (Å²) in [5.74, 6) is 1.85. The second-order valence-corrected chi connectivity index (χ2v) is 7.85. The van der Waals surface area contributed by atoms with Gasteiger partial charge in [0.15, 0.2) is 11.5 Å². The minimum Gasteiger partial charge on any atom is -0.493 e. The van der Waals surface area contributed by atoms with Crippen molar-refractivity contribution in [3.63, 3.8) is 0 Å². The van der Waals surface area contributed by atoms with Crippen molar-refractivity contribution in [1.29, 1.82) is 0 Å². The maximum absolute atomic E-state index is 5.64. The van der Waals surface area contributed by atoms with Gasteiger partial charge >= 0.3 is 0 Å². The minimum absolute atomic E-state index is 0.584. The zero-order valence-corrected chi connectivity index (χ0v) is 18.1. The molecule has 0 atom stereocenters. The third-order valence-corrected chi connectivity index (χ3v) is 6.22. The average Bonchev–Trinajstić information content (AvgIpc) is 3.40. The van der Waals surface area contributed by atoms with Gasteiger partial charge in [0.25, 0.3) is 0 Å². The number of aromatic amines is 2. The van der Waals surface area contributed by atoms with Gasteiger partial charge in [0.2, 0.25) is 5.75 Å². The number of methoxy groups -OCH3 is 3. The van der Waals surface area contributed by atoms with E-state index in [9.17, 15) is 0 Å². The number of rotatable bonds is 4. The Kier molecular flexibility index (Phi) is 4.05. The summed E-state index contributed by atoms with van der Waals surface area (Å²) in [6.45, 7) is 0. The number of aromatic nitrogens is 2. The van der Waals surface area contributed by atoms with Crippen LogP contribution >= 0.6 is 0 Å². The molecule has 0 spiro atoms. The van der Waals surface area contributed by atoms with Crippen LogP contribution in [0.2, 0.25) is 0 Å². The van der Waals surface area contributed by atoms with E-state index in [4.69, 9.17) is 14.2 Å². The fourth-order valence-electron chi connectivity index (χ4n) is 4.83. The Labute approximate surface area is 184 Å². The Morgan fingerprint density at radius 3 is 1.81 bits per heavy atom. The average molecular weight is 422 g/mol. The lowest BCUT2D eigenvalue weighted by Gasteiger charge is -2.15. The molecule has 0 bridgehead atoms. The van der Waals surface area contributed by atoms with Crippen molar-refractivity contribution in [1.82, 2.24) is 9.97 Å². The van der Waals surface area contributed by atoms with E-state index in [0.717, 1.165) is 33.2 Å². The molecule has 5 heteroatoms. The van der Waals surface area contributed by atoms with Gasteiger partial charge in [-0.2, -0.15) is 0 Å². The zero-order valence-electron chi connectivity index (χ0n) is 18.1. The van der Waals surface area contributed by atoms with E-state index >= 15 is 0 Å². The van der Waals surface area contributed by atoms with Crippen LogP contribution in [0.25, 0.3) is 54.7 Å². The van der Waals surface area contributed by atoms with Crippen molar-refractivity contribution in [2.45, 2.75) is 0 Å². The summed E-state index contributed by atoms with van der Waals surface area (Å²) in [4.78, 5) is 7.28. The van der Waals surface area contributed by atoms with Crippen molar-refractivity contribution in [2.75, 3.05) is 21.3 Å². The fraction of sp³-hybridized carbons (Fsp3) is 0.111. The zero-order chi connectivity index (χ0) is 21.8. The maximum Gasteiger partial charge on any atom is 0.203 e. The summed E-state index contributed by atoms with van der Waals surface area (Å²) in [5, 5.41) is 4.75. The number of benzene rings is 4. The highest BCUT2D eigenvalue weighted by Crippen LogP contribution is 2.46. The largest absolute Gasteiger partial charge is 0.493 e. The third-order valence-electron chi connectivity index (χ3n) is 6.22. The topological polar surface area (TPSA) is 59.3 Å². The molecule has 0 amide bonds. The van der Waals surface area contributed by atoms with E-state index in [1.54, 1.807) is 21.3 Å². The molecule has 0 saturated carbocycles. The molecule has 0 aliphatic heterocycles. The van der Waals surface area contributed by atoms with Crippen molar-refractivity contribution >= 4 is 43.6 Å². The van der Waals surface area contributed by atoms with Gasteiger partial charge in [-0.15, -0.1) is 0 Å². The first kappa shape index (κ1) is 18.6. The third kappa shape index (κ3) is 2.51. The van der Waals surface area contributed by atoms with E-state index < -0.39 is 0 Å². The van der Waals surface area contributed by atoms with Gasteiger partial charge in [0.05, 0.1) is 26.8 Å². The number of H-pyrrole nitrogens is 2. The van der Waals surface area contributed by atoms with Crippen molar-refractivity contribution in [3.8, 4) is 28.4 Å². The number of fused-ring (bicyclic) bond motifs is 7. The molecule has 0 fully saturated rings. The molecular formula is C27H22N2O3. The number of hydrogen-bond donors (Lipinski definition) is 2. The highest BCUT2D eigenvalue weighted by Gasteiger charge is 2.20. The molecule has 0 aliphatic rings. The predicted octanol–water partition coefficient (Wildman–Crippen LogP) is 6.65. The van der Waals surface area contributed by atoms with Gasteiger partial charge in [0, 0.05) is 38.1 Å². The molecule has 0 unspecified atom stereocenters. The Morgan fingerprint density at radius 1 is 0.594 bits per heavy atom. The van der Waals surface area contributed by atoms with Gasteiger partial charge in [-0.1, -0.05) is 36.4 Å². The molecule has 32 heavy (non-hydrogen) atoms. The summed E-state index contributed by atoms with van der Waals surface area (Å²) >= 11 is 0. The summed E-state index contributed by atoms with van der Waals surface area (Å²) < 4.78 is 16.8. The van der Waals surface area contributed by atoms with Crippen molar-refractivity contribution < 1.29 is 14.2 Å². The van der Waals surface area contributed by atoms with Crippen LogP contribution in [0.4, 0.5) is 0 Å². The smallest absolute Gasteiger partial charge is 0.203 e. The molecule has 2 heterocycles. The van der Waals surface area contributed by atoms with Crippen LogP contribution in [-0.4, -0.2) is 31.3 Å². The van der Waals surface area contributed by atoms with Crippen molar-refractivity contribution in [3.05, 3.63) is 66.7 Å². The van der Waals surface area contributed by atoms with Crippen LogP contribution in [-0.2, 0) is 0 Å². The normalized spacial score (nSPS) is 11.6. The quantitative estimate of drug-likeness (QED) is 0.334. The Hall–Kier alpha value is -4.12. The molecule has 0 aliphatic carbocycles. The summed E-state index contributed by atoms with van der Waals surface area (Å²) in [6, 6.07) is 23.1. The second-order valence-electron chi connectivity index (χ2n) is 7.85. The first-order valence-electron chi connectivity index (χ1n) is 10.5.